The van der Waals surface area contributed by atoms with Crippen molar-refractivity contribution >= 4 is 23.4 Å². The maximum absolute atomic E-state index is 12.9. The number of ether oxygens (including phenoxy) is 1. The molecule has 152 valence electrons. The molecule has 1 amide bonds. The van der Waals surface area contributed by atoms with Gasteiger partial charge in [-0.1, -0.05) is 0 Å². The molecule has 0 aliphatic rings. The molecule has 2 aromatic heterocycles. The molecular formula is C21H16F2N4O2S. The summed E-state index contributed by atoms with van der Waals surface area (Å²) in [5.74, 6) is 0.117. The molecule has 30 heavy (non-hydrogen) atoms. The summed E-state index contributed by atoms with van der Waals surface area (Å²) in [7, 11) is 0. The number of thioether (sulfide) groups is 1. The number of hydrogen-bond donors (Lipinski definition) is 1. The average molecular weight is 426 g/mol. The Kier molecular flexibility index (Phi) is 6.59. The van der Waals surface area contributed by atoms with Crippen LogP contribution in [0, 0.1) is 11.3 Å². The van der Waals surface area contributed by atoms with Gasteiger partial charge in [0.2, 0.25) is 0 Å². The number of alkyl halides is 2. The summed E-state index contributed by atoms with van der Waals surface area (Å²) in [6, 6.07) is 14.4. The van der Waals surface area contributed by atoms with E-state index in [0.717, 1.165) is 5.56 Å². The van der Waals surface area contributed by atoms with Gasteiger partial charge in [0.05, 0.1) is 5.56 Å². The van der Waals surface area contributed by atoms with Gasteiger partial charge in [0, 0.05) is 30.8 Å². The summed E-state index contributed by atoms with van der Waals surface area (Å²) in [4.78, 5) is 20.9. The topological polar surface area (TPSA) is 87.9 Å². The Morgan fingerprint density at radius 3 is 2.67 bits per heavy atom. The summed E-state index contributed by atoms with van der Waals surface area (Å²) >= 11 is 1.35. The summed E-state index contributed by atoms with van der Waals surface area (Å²) in [6.07, 6.45) is -0.138. The second-order valence-electron chi connectivity index (χ2n) is 6.19. The zero-order valence-corrected chi connectivity index (χ0v) is 16.6. The van der Waals surface area contributed by atoms with Crippen LogP contribution in [0.15, 0.2) is 66.0 Å². The molecule has 0 spiro atoms. The summed E-state index contributed by atoms with van der Waals surface area (Å²) < 4.78 is 30.3. The Balaban J connectivity index is 1.68. The van der Waals surface area contributed by atoms with E-state index in [1.54, 1.807) is 36.7 Å². The fourth-order valence-electron chi connectivity index (χ4n) is 2.47. The molecule has 0 aliphatic carbocycles. The van der Waals surface area contributed by atoms with Gasteiger partial charge in [0.15, 0.2) is 0 Å². The van der Waals surface area contributed by atoms with Crippen LogP contribution in [0.3, 0.4) is 0 Å². The molecule has 1 N–H and O–H groups in total. The van der Waals surface area contributed by atoms with Gasteiger partial charge >= 0.3 is 6.11 Å². The molecule has 0 atom stereocenters. The normalized spacial score (nSPS) is 10.9. The smallest absolute Gasteiger partial charge is 0.394 e. The van der Waals surface area contributed by atoms with Gasteiger partial charge in [0.1, 0.15) is 22.5 Å². The van der Waals surface area contributed by atoms with Crippen molar-refractivity contribution in [2.45, 2.75) is 23.8 Å². The van der Waals surface area contributed by atoms with E-state index in [4.69, 9.17) is 5.26 Å². The monoisotopic (exact) mass is 426 g/mol. The van der Waals surface area contributed by atoms with Crippen LogP contribution in [0.2, 0.25) is 0 Å². The van der Waals surface area contributed by atoms with Crippen LogP contribution in [0.4, 0.5) is 14.5 Å². The quantitative estimate of drug-likeness (QED) is 0.542. The number of nitrogens with zero attached hydrogens (tertiary/aromatic N) is 3. The number of benzene rings is 1. The highest BCUT2D eigenvalue weighted by molar-refractivity contribution is 7.98. The van der Waals surface area contributed by atoms with Gasteiger partial charge in [0.25, 0.3) is 5.91 Å². The van der Waals surface area contributed by atoms with Crippen molar-refractivity contribution in [3.05, 3.63) is 77.7 Å². The predicted molar refractivity (Wildman–Crippen MR) is 108 cm³/mol. The first-order valence-electron chi connectivity index (χ1n) is 8.75. The molecule has 0 fully saturated rings. The largest absolute Gasteiger partial charge is 0.433 e. The van der Waals surface area contributed by atoms with Crippen LogP contribution in [0.1, 0.15) is 28.5 Å². The summed E-state index contributed by atoms with van der Waals surface area (Å²) in [5, 5.41) is 12.2. The number of amides is 1. The molecule has 0 aliphatic heterocycles. The number of carbonyl (C=O) groups excluding carboxylic acids is 1. The highest BCUT2D eigenvalue weighted by Crippen LogP contribution is 2.26. The average Bonchev–Trinajstić information content (AvgIpc) is 2.73. The molecular weight excluding hydrogens is 410 g/mol. The van der Waals surface area contributed by atoms with Crippen molar-refractivity contribution in [3.63, 3.8) is 0 Å². The first-order valence-corrected chi connectivity index (χ1v) is 9.74. The number of hydrogen-bond acceptors (Lipinski definition) is 6. The highest BCUT2D eigenvalue weighted by atomic mass is 32.2. The third-order valence-corrected chi connectivity index (χ3v) is 4.82. The molecule has 0 unspecified atom stereocenters. The van der Waals surface area contributed by atoms with Crippen molar-refractivity contribution in [2.24, 2.45) is 0 Å². The summed E-state index contributed by atoms with van der Waals surface area (Å²) in [5.41, 5.74) is 2.00. The lowest BCUT2D eigenvalue weighted by atomic mass is 10.2. The van der Waals surface area contributed by atoms with E-state index < -0.39 is 6.11 Å². The lowest BCUT2D eigenvalue weighted by molar-refractivity contribution is -0.158. The van der Waals surface area contributed by atoms with E-state index in [1.165, 1.54) is 36.0 Å². The van der Waals surface area contributed by atoms with Crippen LogP contribution in [0.25, 0.3) is 0 Å². The maximum Gasteiger partial charge on any atom is 0.394 e. The molecule has 2 heterocycles. The van der Waals surface area contributed by atoms with Crippen molar-refractivity contribution in [1.82, 2.24) is 9.97 Å². The zero-order chi connectivity index (χ0) is 21.6. The summed E-state index contributed by atoms with van der Waals surface area (Å²) in [6.45, 7) is 0.650. The second-order valence-corrected chi connectivity index (χ2v) is 7.16. The van der Waals surface area contributed by atoms with Crippen molar-refractivity contribution in [3.8, 4) is 11.8 Å². The van der Waals surface area contributed by atoms with Gasteiger partial charge in [-0.05, 0) is 54.1 Å². The number of rotatable bonds is 7. The van der Waals surface area contributed by atoms with E-state index in [9.17, 15) is 13.6 Å². The SMILES string of the molecule is CC(F)(F)Oc1ccc(NC(=O)c2cccnc2SCc2ccnc(C#N)c2)cc1. The number of anilines is 1. The van der Waals surface area contributed by atoms with Crippen molar-refractivity contribution < 1.29 is 18.3 Å². The Morgan fingerprint density at radius 1 is 1.20 bits per heavy atom. The van der Waals surface area contributed by atoms with Gasteiger partial charge in [-0.25, -0.2) is 9.97 Å². The molecule has 9 heteroatoms. The molecule has 0 bridgehead atoms. The third kappa shape index (κ3) is 5.99. The molecule has 0 saturated heterocycles. The number of nitriles is 1. The lowest BCUT2D eigenvalue weighted by Gasteiger charge is -2.13. The molecule has 3 aromatic rings. The predicted octanol–water partition coefficient (Wildman–Crippen LogP) is 4.88. The Labute approximate surface area is 175 Å². The van der Waals surface area contributed by atoms with Gasteiger partial charge in [-0.2, -0.15) is 14.0 Å². The van der Waals surface area contributed by atoms with Crippen LogP contribution in [-0.2, 0) is 5.75 Å². The van der Waals surface area contributed by atoms with Crippen molar-refractivity contribution in [1.29, 1.82) is 5.26 Å². The standard InChI is InChI=1S/C21H16F2N4O2S/c1-21(22,23)29-17-6-4-15(5-7-17)27-19(28)18-3-2-9-26-20(18)30-13-14-8-10-25-16(11-14)12-24/h2-11H,13H2,1H3,(H,27,28). The lowest BCUT2D eigenvalue weighted by Crippen LogP contribution is -2.19. The number of pyridine rings is 2. The van der Waals surface area contributed by atoms with E-state index in [1.807, 2.05) is 6.07 Å². The highest BCUT2D eigenvalue weighted by Gasteiger charge is 2.23. The number of carbonyl (C=O) groups is 1. The van der Waals surface area contributed by atoms with Crippen LogP contribution >= 0.6 is 11.8 Å². The number of aromatic nitrogens is 2. The minimum absolute atomic E-state index is 0.00721. The van der Waals surface area contributed by atoms with Crippen LogP contribution in [0.5, 0.6) is 5.75 Å². The molecule has 0 saturated carbocycles. The van der Waals surface area contributed by atoms with Gasteiger partial charge < -0.3 is 10.1 Å². The zero-order valence-electron chi connectivity index (χ0n) is 15.8. The van der Waals surface area contributed by atoms with E-state index in [2.05, 4.69) is 20.0 Å². The second kappa shape index (κ2) is 9.33. The minimum atomic E-state index is -3.28. The van der Waals surface area contributed by atoms with Crippen LogP contribution < -0.4 is 10.1 Å². The van der Waals surface area contributed by atoms with E-state index in [0.29, 0.717) is 34.6 Å². The minimum Gasteiger partial charge on any atom is -0.433 e. The fourth-order valence-corrected chi connectivity index (χ4v) is 3.40. The first kappa shape index (κ1) is 21.2. The van der Waals surface area contributed by atoms with Gasteiger partial charge in [-0.3, -0.25) is 4.79 Å². The van der Waals surface area contributed by atoms with Crippen LogP contribution in [-0.4, -0.2) is 22.0 Å². The van der Waals surface area contributed by atoms with E-state index >= 15 is 0 Å². The fraction of sp³-hybridized carbons (Fsp3) is 0.143. The Bertz CT molecular complexity index is 1080. The van der Waals surface area contributed by atoms with Crippen molar-refractivity contribution in [2.75, 3.05) is 5.32 Å². The molecule has 3 rings (SSSR count). The Morgan fingerprint density at radius 2 is 1.97 bits per heavy atom. The van der Waals surface area contributed by atoms with E-state index in [-0.39, 0.29) is 11.7 Å². The number of nitrogens with one attached hydrogen (secondary N) is 1. The molecule has 0 radical (unpaired) electrons. The third-order valence-electron chi connectivity index (χ3n) is 3.74. The maximum atomic E-state index is 12.9. The number of halogens is 2. The molecule has 6 nitrogen and oxygen atoms in total. The first-order chi connectivity index (χ1) is 14.3. The molecule has 1 aromatic carbocycles. The van der Waals surface area contributed by atoms with Gasteiger partial charge in [-0.15, -0.1) is 11.8 Å². The Hall–Kier alpha value is -3.51.